The summed E-state index contributed by atoms with van der Waals surface area (Å²) in [4.78, 5) is 22.2. The molecule has 90 valence electrons. The molecule has 0 spiro atoms. The fourth-order valence-electron chi connectivity index (χ4n) is 2.63. The average molecular weight is 226 g/mol. The van der Waals surface area contributed by atoms with Gasteiger partial charge in [-0.25, -0.2) is 0 Å². The lowest BCUT2D eigenvalue weighted by Crippen LogP contribution is -2.31. The fraction of sp³-hybridized carbons (Fsp3) is 0.833. The highest BCUT2D eigenvalue weighted by molar-refractivity contribution is 5.71. The quantitative estimate of drug-likeness (QED) is 0.672. The van der Waals surface area contributed by atoms with Crippen LogP contribution >= 0.6 is 0 Å². The topological polar surface area (TPSA) is 52.6 Å². The van der Waals surface area contributed by atoms with E-state index < -0.39 is 0 Å². The zero-order chi connectivity index (χ0) is 11.5. The molecule has 0 aromatic rings. The van der Waals surface area contributed by atoms with Crippen LogP contribution in [0.5, 0.6) is 0 Å². The summed E-state index contributed by atoms with van der Waals surface area (Å²) in [6, 6.07) is 0. The van der Waals surface area contributed by atoms with Gasteiger partial charge in [0, 0.05) is 12.8 Å². The highest BCUT2D eigenvalue weighted by Gasteiger charge is 2.29. The van der Waals surface area contributed by atoms with Gasteiger partial charge in [0.2, 0.25) is 0 Å². The molecule has 4 heteroatoms. The Labute approximate surface area is 95.3 Å². The second kappa shape index (κ2) is 4.85. The number of hydrogen-bond acceptors (Lipinski definition) is 4. The Morgan fingerprint density at radius 2 is 2.06 bits per heavy atom. The number of carbonyl (C=O) groups excluding carboxylic acids is 2. The lowest BCUT2D eigenvalue weighted by atomic mass is 9.84. The van der Waals surface area contributed by atoms with E-state index >= 15 is 0 Å². The summed E-state index contributed by atoms with van der Waals surface area (Å²) >= 11 is 0. The predicted octanol–water partition coefficient (Wildman–Crippen LogP) is 1.67. The van der Waals surface area contributed by atoms with Crippen LogP contribution in [0.3, 0.4) is 0 Å². The average Bonchev–Trinajstić information content (AvgIpc) is 2.20. The van der Waals surface area contributed by atoms with Crippen LogP contribution < -0.4 is 0 Å². The largest absolute Gasteiger partial charge is 0.465 e. The van der Waals surface area contributed by atoms with Gasteiger partial charge in [-0.3, -0.25) is 9.59 Å². The van der Waals surface area contributed by atoms with Crippen LogP contribution in [0.4, 0.5) is 0 Å². The summed E-state index contributed by atoms with van der Waals surface area (Å²) in [5.74, 6) is 0.656. The van der Waals surface area contributed by atoms with Crippen molar-refractivity contribution in [3.05, 3.63) is 0 Å². The zero-order valence-electron chi connectivity index (χ0n) is 9.61. The molecule has 2 aliphatic heterocycles. The molecule has 0 aromatic heterocycles. The van der Waals surface area contributed by atoms with Gasteiger partial charge in [-0.1, -0.05) is 0 Å². The molecule has 0 aliphatic carbocycles. The maximum absolute atomic E-state index is 11.3. The lowest BCUT2D eigenvalue weighted by Gasteiger charge is -2.30. The van der Waals surface area contributed by atoms with Crippen LogP contribution in [-0.2, 0) is 19.1 Å². The standard InChI is InChI=1S/C12H18O4/c1-8-4-10(6-12(14)16-8)5-9-2-3-11(13)15-7-9/h8-10H,2-7H2,1H3. The van der Waals surface area contributed by atoms with Crippen LogP contribution in [0.25, 0.3) is 0 Å². The maximum Gasteiger partial charge on any atom is 0.306 e. The van der Waals surface area contributed by atoms with Crippen LogP contribution in [-0.4, -0.2) is 24.6 Å². The highest BCUT2D eigenvalue weighted by atomic mass is 16.5. The number of rotatable bonds is 2. The molecule has 16 heavy (non-hydrogen) atoms. The minimum Gasteiger partial charge on any atom is -0.465 e. The summed E-state index contributed by atoms with van der Waals surface area (Å²) in [6.07, 6.45) is 3.91. The van der Waals surface area contributed by atoms with Crippen molar-refractivity contribution in [2.45, 2.75) is 45.1 Å². The van der Waals surface area contributed by atoms with Gasteiger partial charge in [0.15, 0.2) is 0 Å². The molecule has 0 saturated carbocycles. The SMILES string of the molecule is CC1CC(CC2CCC(=O)OC2)CC(=O)O1. The van der Waals surface area contributed by atoms with E-state index in [2.05, 4.69) is 0 Å². The number of carbonyl (C=O) groups is 2. The third-order valence-corrected chi connectivity index (χ3v) is 3.36. The van der Waals surface area contributed by atoms with E-state index in [9.17, 15) is 9.59 Å². The molecule has 0 aromatic carbocycles. The molecule has 2 aliphatic rings. The number of ether oxygens (including phenoxy) is 2. The second-order valence-corrected chi connectivity index (χ2v) is 4.93. The Morgan fingerprint density at radius 1 is 1.25 bits per heavy atom. The molecule has 2 saturated heterocycles. The zero-order valence-corrected chi connectivity index (χ0v) is 9.61. The van der Waals surface area contributed by atoms with Crippen molar-refractivity contribution in [3.63, 3.8) is 0 Å². The highest BCUT2D eigenvalue weighted by Crippen LogP contribution is 2.30. The van der Waals surface area contributed by atoms with E-state index in [1.807, 2.05) is 6.92 Å². The third-order valence-electron chi connectivity index (χ3n) is 3.36. The molecule has 4 nitrogen and oxygen atoms in total. The Morgan fingerprint density at radius 3 is 2.69 bits per heavy atom. The molecule has 0 N–H and O–H groups in total. The van der Waals surface area contributed by atoms with Crippen LogP contribution in [0.2, 0.25) is 0 Å². The molecule has 0 bridgehead atoms. The van der Waals surface area contributed by atoms with Gasteiger partial charge < -0.3 is 9.47 Å². The summed E-state index contributed by atoms with van der Waals surface area (Å²) in [5.41, 5.74) is 0. The molecule has 3 unspecified atom stereocenters. The van der Waals surface area contributed by atoms with Gasteiger partial charge in [-0.15, -0.1) is 0 Å². The molecule has 3 atom stereocenters. The summed E-state index contributed by atoms with van der Waals surface area (Å²) in [7, 11) is 0. The van der Waals surface area contributed by atoms with Crippen molar-refractivity contribution < 1.29 is 19.1 Å². The van der Waals surface area contributed by atoms with Gasteiger partial charge in [-0.2, -0.15) is 0 Å². The number of cyclic esters (lactones) is 2. The van der Waals surface area contributed by atoms with Gasteiger partial charge in [0.1, 0.15) is 0 Å². The number of hydrogen-bond donors (Lipinski definition) is 0. The number of esters is 2. The first-order valence-corrected chi connectivity index (χ1v) is 5.98. The summed E-state index contributed by atoms with van der Waals surface area (Å²) < 4.78 is 10.1. The van der Waals surface area contributed by atoms with Crippen LogP contribution in [0.15, 0.2) is 0 Å². The maximum atomic E-state index is 11.3. The van der Waals surface area contributed by atoms with E-state index in [0.29, 0.717) is 31.3 Å². The monoisotopic (exact) mass is 226 g/mol. The van der Waals surface area contributed by atoms with Gasteiger partial charge in [-0.05, 0) is 38.0 Å². The smallest absolute Gasteiger partial charge is 0.306 e. The summed E-state index contributed by atoms with van der Waals surface area (Å²) in [5, 5.41) is 0. The van der Waals surface area contributed by atoms with Crippen molar-refractivity contribution in [1.29, 1.82) is 0 Å². The third kappa shape index (κ3) is 2.97. The predicted molar refractivity (Wildman–Crippen MR) is 56.6 cm³/mol. The van der Waals surface area contributed by atoms with Gasteiger partial charge >= 0.3 is 11.9 Å². The van der Waals surface area contributed by atoms with E-state index in [4.69, 9.17) is 9.47 Å². The summed E-state index contributed by atoms with van der Waals surface area (Å²) in [6.45, 7) is 2.46. The van der Waals surface area contributed by atoms with Gasteiger partial charge in [0.05, 0.1) is 12.7 Å². The van der Waals surface area contributed by atoms with E-state index in [-0.39, 0.29) is 18.0 Å². The lowest BCUT2D eigenvalue weighted by molar-refractivity contribution is -0.157. The van der Waals surface area contributed by atoms with Crippen molar-refractivity contribution in [2.24, 2.45) is 11.8 Å². The Bertz CT molecular complexity index is 277. The molecule has 2 rings (SSSR count). The van der Waals surface area contributed by atoms with E-state index in [1.165, 1.54) is 0 Å². The molecule has 0 radical (unpaired) electrons. The minimum absolute atomic E-state index is 0.0393. The van der Waals surface area contributed by atoms with Crippen molar-refractivity contribution in [1.82, 2.24) is 0 Å². The van der Waals surface area contributed by atoms with Crippen LogP contribution in [0.1, 0.15) is 39.0 Å². The van der Waals surface area contributed by atoms with Crippen molar-refractivity contribution in [2.75, 3.05) is 6.61 Å². The van der Waals surface area contributed by atoms with E-state index in [0.717, 1.165) is 19.3 Å². The van der Waals surface area contributed by atoms with E-state index in [1.54, 1.807) is 0 Å². The first-order valence-electron chi connectivity index (χ1n) is 5.98. The first-order chi connectivity index (χ1) is 7.63. The molecular formula is C12H18O4. The Hall–Kier alpha value is -1.06. The van der Waals surface area contributed by atoms with Gasteiger partial charge in [0.25, 0.3) is 0 Å². The molecule has 2 heterocycles. The van der Waals surface area contributed by atoms with Crippen molar-refractivity contribution >= 4 is 11.9 Å². The second-order valence-electron chi connectivity index (χ2n) is 4.93. The molecule has 0 amide bonds. The van der Waals surface area contributed by atoms with Crippen molar-refractivity contribution in [3.8, 4) is 0 Å². The molecular weight excluding hydrogens is 208 g/mol. The normalized spacial score (nSPS) is 35.4. The molecule has 2 fully saturated rings. The minimum atomic E-state index is -0.0901. The Kier molecular flexibility index (Phi) is 3.46. The van der Waals surface area contributed by atoms with Crippen LogP contribution in [0, 0.1) is 11.8 Å². The Balaban J connectivity index is 1.80. The fourth-order valence-corrected chi connectivity index (χ4v) is 2.63. The first kappa shape index (κ1) is 11.4.